The number of pyridine rings is 1. The van der Waals surface area contributed by atoms with Gasteiger partial charge in [0.25, 0.3) is 0 Å². The van der Waals surface area contributed by atoms with Crippen molar-refractivity contribution in [2.24, 2.45) is 5.16 Å². The summed E-state index contributed by atoms with van der Waals surface area (Å²) in [7, 11) is 0. The molecule has 0 saturated heterocycles. The number of fused-ring (bicyclic) bond motifs is 1. The molecule has 19 heavy (non-hydrogen) atoms. The van der Waals surface area contributed by atoms with Gasteiger partial charge in [-0.15, -0.1) is 0 Å². The molecule has 1 aromatic carbocycles. The minimum atomic E-state index is -0.227. The molecule has 1 heterocycles. The second kappa shape index (κ2) is 6.29. The Kier molecular flexibility index (Phi) is 5.01. The Hall–Kier alpha value is -1.94. The van der Waals surface area contributed by atoms with Crippen LogP contribution in [-0.2, 0) is 11.3 Å². The third-order valence-corrected chi connectivity index (χ3v) is 2.99. The third-order valence-electron chi connectivity index (χ3n) is 2.99. The van der Waals surface area contributed by atoms with Gasteiger partial charge < -0.3 is 17.6 Å². The predicted octanol–water partition coefficient (Wildman–Crippen LogP) is -1.14. The van der Waals surface area contributed by atoms with Gasteiger partial charge in [-0.05, 0) is 18.6 Å². The normalized spacial score (nSPS) is 11.2. The molecule has 0 aliphatic rings. The quantitative estimate of drug-likeness (QED) is 0.334. The topological polar surface area (TPSA) is 53.5 Å². The minimum Gasteiger partial charge on any atom is -1.00 e. The number of oxime groups is 1. The summed E-state index contributed by atoms with van der Waals surface area (Å²) in [6.45, 7) is 3.71. The average Bonchev–Trinajstić information content (AvgIpc) is 2.38. The number of aryl methyl sites for hydroxylation is 1. The lowest BCUT2D eigenvalue weighted by Crippen LogP contribution is -3.00. The zero-order chi connectivity index (χ0) is 13.1. The zero-order valence-corrected chi connectivity index (χ0v) is 11.6. The second-order valence-corrected chi connectivity index (χ2v) is 4.25. The van der Waals surface area contributed by atoms with E-state index in [-0.39, 0.29) is 30.4 Å². The lowest BCUT2D eigenvalue weighted by atomic mass is 10.1. The lowest BCUT2D eigenvalue weighted by molar-refractivity contribution is -0.655. The standard InChI is InChI=1S/C14H14N2O2.ClH/c1-10-7-8-16(9-13(15-18)11(2)17)14-6-4-3-5-12(10)14;/h3-8H,9H2,1-2H3;1H. The molecule has 0 spiro atoms. The van der Waals surface area contributed by atoms with Gasteiger partial charge in [0.1, 0.15) is 0 Å². The van der Waals surface area contributed by atoms with Crippen LogP contribution in [0.5, 0.6) is 0 Å². The number of nitrogens with zero attached hydrogens (tertiary/aromatic N) is 2. The number of carbonyl (C=O) groups is 1. The number of hydrogen-bond donors (Lipinski definition) is 1. The molecule has 2 aromatic rings. The Morgan fingerprint density at radius 2 is 2.00 bits per heavy atom. The summed E-state index contributed by atoms with van der Waals surface area (Å²) < 4.78 is 1.90. The monoisotopic (exact) mass is 278 g/mol. The van der Waals surface area contributed by atoms with Crippen LogP contribution >= 0.6 is 0 Å². The second-order valence-electron chi connectivity index (χ2n) is 4.25. The van der Waals surface area contributed by atoms with E-state index in [1.165, 1.54) is 12.5 Å². The van der Waals surface area contributed by atoms with Crippen LogP contribution < -0.4 is 17.0 Å². The van der Waals surface area contributed by atoms with Crippen LogP contribution in [0.1, 0.15) is 12.5 Å². The van der Waals surface area contributed by atoms with Crippen molar-refractivity contribution in [3.63, 3.8) is 0 Å². The van der Waals surface area contributed by atoms with Gasteiger partial charge in [-0.1, -0.05) is 17.3 Å². The molecule has 0 aliphatic carbocycles. The van der Waals surface area contributed by atoms with Gasteiger partial charge in [-0.25, -0.2) is 0 Å². The van der Waals surface area contributed by atoms with Crippen molar-refractivity contribution in [3.05, 3.63) is 42.1 Å². The van der Waals surface area contributed by atoms with Crippen LogP contribution in [-0.4, -0.2) is 16.7 Å². The number of halogens is 1. The SMILES string of the molecule is CC(=O)C(C[n+]1ccc(C)c2ccccc21)=NO.[Cl-]. The molecule has 0 aliphatic heterocycles. The van der Waals surface area contributed by atoms with E-state index in [9.17, 15) is 4.79 Å². The van der Waals surface area contributed by atoms with Crippen LogP contribution in [0, 0.1) is 6.92 Å². The van der Waals surface area contributed by atoms with Gasteiger partial charge in [0.05, 0.1) is 0 Å². The molecule has 0 atom stereocenters. The van der Waals surface area contributed by atoms with Gasteiger partial charge >= 0.3 is 0 Å². The van der Waals surface area contributed by atoms with E-state index in [4.69, 9.17) is 5.21 Å². The molecular formula is C14H15ClN2O2. The van der Waals surface area contributed by atoms with E-state index in [1.54, 1.807) is 0 Å². The molecule has 1 aromatic heterocycles. The van der Waals surface area contributed by atoms with Crippen molar-refractivity contribution >= 4 is 22.4 Å². The highest BCUT2D eigenvalue weighted by Crippen LogP contribution is 2.13. The van der Waals surface area contributed by atoms with Crippen molar-refractivity contribution < 1.29 is 27.0 Å². The fraction of sp³-hybridized carbons (Fsp3) is 0.214. The summed E-state index contributed by atoms with van der Waals surface area (Å²) in [5, 5.41) is 13.0. The number of Topliss-reactive ketones (excluding diaryl/α,β-unsaturated/α-hetero) is 1. The maximum Gasteiger partial charge on any atom is 0.213 e. The molecule has 0 bridgehead atoms. The maximum absolute atomic E-state index is 11.3. The van der Waals surface area contributed by atoms with Crippen LogP contribution in [0.15, 0.2) is 41.7 Å². The first-order valence-electron chi connectivity index (χ1n) is 5.73. The molecule has 0 amide bonds. The molecule has 100 valence electrons. The fourth-order valence-electron chi connectivity index (χ4n) is 1.94. The van der Waals surface area contributed by atoms with Crippen molar-refractivity contribution in [3.8, 4) is 0 Å². The summed E-state index contributed by atoms with van der Waals surface area (Å²) in [4.78, 5) is 11.3. The Labute approximate surface area is 117 Å². The van der Waals surface area contributed by atoms with Gasteiger partial charge in [0, 0.05) is 24.4 Å². The summed E-state index contributed by atoms with van der Waals surface area (Å²) in [5.41, 5.74) is 2.33. The van der Waals surface area contributed by atoms with Crippen molar-refractivity contribution in [2.45, 2.75) is 20.4 Å². The molecule has 0 saturated carbocycles. The Balaban J connectivity index is 0.00000180. The number of ketones is 1. The highest BCUT2D eigenvalue weighted by molar-refractivity contribution is 6.38. The molecule has 5 heteroatoms. The number of para-hydroxylation sites is 1. The van der Waals surface area contributed by atoms with Crippen molar-refractivity contribution in [1.82, 2.24) is 0 Å². The van der Waals surface area contributed by atoms with Gasteiger partial charge in [0.15, 0.2) is 24.2 Å². The fourth-order valence-corrected chi connectivity index (χ4v) is 1.94. The van der Waals surface area contributed by atoms with Crippen LogP contribution in [0.2, 0.25) is 0 Å². The molecule has 2 rings (SSSR count). The summed E-state index contributed by atoms with van der Waals surface area (Å²) >= 11 is 0. The molecule has 0 radical (unpaired) electrons. The maximum atomic E-state index is 11.3. The van der Waals surface area contributed by atoms with E-state index in [1.807, 2.05) is 48.0 Å². The van der Waals surface area contributed by atoms with E-state index < -0.39 is 0 Å². The highest BCUT2D eigenvalue weighted by atomic mass is 35.5. The number of benzene rings is 1. The van der Waals surface area contributed by atoms with Crippen LogP contribution in [0.3, 0.4) is 0 Å². The van der Waals surface area contributed by atoms with E-state index in [0.717, 1.165) is 10.9 Å². The molecule has 1 N–H and O–H groups in total. The number of aromatic nitrogens is 1. The van der Waals surface area contributed by atoms with Gasteiger partial charge in [0.2, 0.25) is 5.52 Å². The summed E-state index contributed by atoms with van der Waals surface area (Å²) in [6.07, 6.45) is 1.89. The van der Waals surface area contributed by atoms with Crippen LogP contribution in [0.4, 0.5) is 0 Å². The lowest BCUT2D eigenvalue weighted by Gasteiger charge is -2.03. The zero-order valence-electron chi connectivity index (χ0n) is 10.8. The summed E-state index contributed by atoms with van der Waals surface area (Å²) in [6, 6.07) is 9.92. The first-order valence-corrected chi connectivity index (χ1v) is 5.73. The number of rotatable bonds is 3. The highest BCUT2D eigenvalue weighted by Gasteiger charge is 2.16. The first kappa shape index (κ1) is 15.1. The number of carbonyl (C=O) groups excluding carboxylic acids is 1. The molecular weight excluding hydrogens is 264 g/mol. The van der Waals surface area contributed by atoms with E-state index in [0.29, 0.717) is 0 Å². The first-order chi connectivity index (χ1) is 8.63. The Bertz CT molecular complexity index is 638. The van der Waals surface area contributed by atoms with Gasteiger partial charge in [-0.3, -0.25) is 4.79 Å². The molecule has 0 fully saturated rings. The van der Waals surface area contributed by atoms with E-state index >= 15 is 0 Å². The average molecular weight is 279 g/mol. The summed E-state index contributed by atoms with van der Waals surface area (Å²) in [5.74, 6) is -0.227. The van der Waals surface area contributed by atoms with Crippen LogP contribution in [0.25, 0.3) is 10.9 Å². The Morgan fingerprint density at radius 1 is 1.32 bits per heavy atom. The van der Waals surface area contributed by atoms with Crippen molar-refractivity contribution in [1.29, 1.82) is 0 Å². The Morgan fingerprint density at radius 3 is 2.63 bits per heavy atom. The molecule has 0 unspecified atom stereocenters. The smallest absolute Gasteiger partial charge is 0.213 e. The van der Waals surface area contributed by atoms with E-state index in [2.05, 4.69) is 5.16 Å². The van der Waals surface area contributed by atoms with Crippen molar-refractivity contribution in [2.75, 3.05) is 0 Å². The largest absolute Gasteiger partial charge is 1.00 e. The number of hydrogen-bond acceptors (Lipinski definition) is 3. The predicted molar refractivity (Wildman–Crippen MR) is 68.8 cm³/mol. The molecule has 4 nitrogen and oxygen atoms in total. The third kappa shape index (κ3) is 3.09. The van der Waals surface area contributed by atoms with Gasteiger partial charge in [-0.2, -0.15) is 4.57 Å². The minimum absolute atomic E-state index is 0.